The van der Waals surface area contributed by atoms with Crippen LogP contribution in [0.1, 0.15) is 59.3 Å². The van der Waals surface area contributed by atoms with Gasteiger partial charge >= 0.3 is 0 Å². The number of imide groups is 1. The van der Waals surface area contributed by atoms with Gasteiger partial charge in [0, 0.05) is 11.3 Å². The molecule has 1 aliphatic carbocycles. The van der Waals surface area contributed by atoms with Crippen LogP contribution < -0.4 is 5.32 Å². The van der Waals surface area contributed by atoms with Gasteiger partial charge in [0.05, 0.1) is 0 Å². The molecule has 0 aromatic carbocycles. The predicted molar refractivity (Wildman–Crippen MR) is 63.8 cm³/mol. The van der Waals surface area contributed by atoms with Gasteiger partial charge in [0.1, 0.15) is 0 Å². The maximum absolute atomic E-state index is 11.8. The molecule has 92 valence electrons. The van der Waals surface area contributed by atoms with Gasteiger partial charge in [-0.2, -0.15) is 0 Å². The van der Waals surface area contributed by atoms with Gasteiger partial charge in [0.15, 0.2) is 0 Å². The molecule has 0 aromatic rings. The molecule has 3 nitrogen and oxygen atoms in total. The second kappa shape index (κ2) is 5.46. The number of hydrogen-bond acceptors (Lipinski definition) is 2. The zero-order chi connectivity index (χ0) is 12.2. The largest absolute Gasteiger partial charge is 0.296 e. The number of hydrogen-bond donors (Lipinski definition) is 1. The fourth-order valence-electron chi connectivity index (χ4n) is 1.91. The van der Waals surface area contributed by atoms with Crippen LogP contribution in [-0.2, 0) is 9.59 Å². The van der Waals surface area contributed by atoms with Crippen LogP contribution in [0.15, 0.2) is 0 Å². The third-order valence-electron chi connectivity index (χ3n) is 3.71. The van der Waals surface area contributed by atoms with Crippen LogP contribution in [0.3, 0.4) is 0 Å². The van der Waals surface area contributed by atoms with E-state index in [1.54, 1.807) is 0 Å². The van der Waals surface area contributed by atoms with Gasteiger partial charge in [-0.05, 0) is 19.3 Å². The average Bonchev–Trinajstić information content (AvgIpc) is 2.30. The summed E-state index contributed by atoms with van der Waals surface area (Å²) >= 11 is 0. The second-order valence-electron chi connectivity index (χ2n) is 5.39. The van der Waals surface area contributed by atoms with E-state index >= 15 is 0 Å². The van der Waals surface area contributed by atoms with Crippen molar-refractivity contribution in [2.45, 2.75) is 59.3 Å². The van der Waals surface area contributed by atoms with Crippen molar-refractivity contribution in [2.75, 3.05) is 0 Å². The minimum atomic E-state index is -0.440. The van der Waals surface area contributed by atoms with Crippen molar-refractivity contribution in [2.24, 2.45) is 11.3 Å². The lowest BCUT2D eigenvalue weighted by molar-refractivity contribution is -0.138. The summed E-state index contributed by atoms with van der Waals surface area (Å²) in [6.07, 6.45) is 6.07. The summed E-state index contributed by atoms with van der Waals surface area (Å²) < 4.78 is 0. The Kier molecular flexibility index (Phi) is 4.51. The van der Waals surface area contributed by atoms with Gasteiger partial charge in [0.25, 0.3) is 0 Å². The Morgan fingerprint density at radius 2 is 1.75 bits per heavy atom. The van der Waals surface area contributed by atoms with Crippen molar-refractivity contribution >= 4 is 11.8 Å². The molecule has 0 heterocycles. The van der Waals surface area contributed by atoms with Gasteiger partial charge in [-0.3, -0.25) is 14.9 Å². The Bertz CT molecular complexity index is 265. The molecule has 1 fully saturated rings. The molecule has 1 N–H and O–H groups in total. The van der Waals surface area contributed by atoms with E-state index in [9.17, 15) is 9.59 Å². The summed E-state index contributed by atoms with van der Waals surface area (Å²) in [6.45, 7) is 5.71. The summed E-state index contributed by atoms with van der Waals surface area (Å²) in [7, 11) is 0. The highest BCUT2D eigenvalue weighted by molar-refractivity contribution is 5.98. The first-order valence-corrected chi connectivity index (χ1v) is 6.32. The molecule has 0 bridgehead atoms. The molecule has 0 aliphatic heterocycles. The van der Waals surface area contributed by atoms with Gasteiger partial charge < -0.3 is 0 Å². The lowest BCUT2D eigenvalue weighted by Gasteiger charge is -2.24. The molecule has 1 aliphatic rings. The summed E-state index contributed by atoms with van der Waals surface area (Å²) in [5, 5.41) is 2.56. The number of carbonyl (C=O) groups excluding carboxylic acids is 2. The fourth-order valence-corrected chi connectivity index (χ4v) is 1.91. The topological polar surface area (TPSA) is 46.2 Å². The monoisotopic (exact) mass is 225 g/mol. The summed E-state index contributed by atoms with van der Waals surface area (Å²) in [5.41, 5.74) is -0.440. The van der Waals surface area contributed by atoms with Gasteiger partial charge in [-0.25, -0.2) is 0 Å². The molecule has 0 unspecified atom stereocenters. The van der Waals surface area contributed by atoms with E-state index in [0.717, 1.165) is 32.1 Å². The third kappa shape index (κ3) is 3.32. The Balaban J connectivity index is 2.47. The van der Waals surface area contributed by atoms with E-state index < -0.39 is 5.41 Å². The summed E-state index contributed by atoms with van der Waals surface area (Å²) in [4.78, 5) is 23.7. The highest BCUT2D eigenvalue weighted by Crippen LogP contribution is 2.25. The highest BCUT2D eigenvalue weighted by Gasteiger charge is 2.29. The molecular formula is C13H23NO2. The Morgan fingerprint density at radius 3 is 2.25 bits per heavy atom. The molecule has 3 heteroatoms. The lowest BCUT2D eigenvalue weighted by Crippen LogP contribution is -2.43. The van der Waals surface area contributed by atoms with Crippen molar-refractivity contribution in [3.8, 4) is 0 Å². The second-order valence-corrected chi connectivity index (χ2v) is 5.39. The molecule has 0 atom stereocenters. The highest BCUT2D eigenvalue weighted by atomic mass is 16.2. The van der Waals surface area contributed by atoms with Crippen LogP contribution in [0.2, 0.25) is 0 Å². The van der Waals surface area contributed by atoms with Crippen LogP contribution in [0.4, 0.5) is 0 Å². The van der Waals surface area contributed by atoms with Crippen molar-refractivity contribution in [3.05, 3.63) is 0 Å². The fraction of sp³-hybridized carbons (Fsp3) is 0.846. The Morgan fingerprint density at radius 1 is 1.19 bits per heavy atom. The van der Waals surface area contributed by atoms with Crippen molar-refractivity contribution in [1.82, 2.24) is 5.32 Å². The maximum Gasteiger partial charge on any atom is 0.232 e. The number of nitrogens with one attached hydrogen (secondary N) is 1. The standard InChI is InChI=1S/C13H23NO2/c1-4-13(2,3)12(16)14-11(15)10-8-6-5-7-9-10/h10H,4-9H2,1-3H3,(H,14,15,16). The summed E-state index contributed by atoms with van der Waals surface area (Å²) in [6, 6.07) is 0. The minimum Gasteiger partial charge on any atom is -0.296 e. The van der Waals surface area contributed by atoms with Gasteiger partial charge in [-0.1, -0.05) is 40.0 Å². The first-order chi connectivity index (χ1) is 7.47. The summed E-state index contributed by atoms with van der Waals surface area (Å²) in [5.74, 6) is -0.137. The Labute approximate surface area is 98.0 Å². The van der Waals surface area contributed by atoms with Crippen LogP contribution in [0, 0.1) is 11.3 Å². The predicted octanol–water partition coefficient (Wildman–Crippen LogP) is 2.65. The molecule has 1 saturated carbocycles. The third-order valence-corrected chi connectivity index (χ3v) is 3.71. The first kappa shape index (κ1) is 13.2. The average molecular weight is 225 g/mol. The van der Waals surface area contributed by atoms with Crippen molar-refractivity contribution < 1.29 is 9.59 Å². The quantitative estimate of drug-likeness (QED) is 0.802. The van der Waals surface area contributed by atoms with Crippen LogP contribution in [0.5, 0.6) is 0 Å². The number of amides is 2. The molecule has 0 radical (unpaired) electrons. The van der Waals surface area contributed by atoms with E-state index in [4.69, 9.17) is 0 Å². The van der Waals surface area contributed by atoms with Gasteiger partial charge in [0.2, 0.25) is 11.8 Å². The molecular weight excluding hydrogens is 202 g/mol. The van der Waals surface area contributed by atoms with E-state index in [0.29, 0.717) is 0 Å². The molecule has 2 amide bonds. The lowest BCUT2D eigenvalue weighted by atomic mass is 9.86. The van der Waals surface area contributed by atoms with E-state index in [2.05, 4.69) is 5.32 Å². The molecule has 16 heavy (non-hydrogen) atoms. The van der Waals surface area contributed by atoms with Crippen molar-refractivity contribution in [3.63, 3.8) is 0 Å². The maximum atomic E-state index is 11.8. The molecule has 0 aromatic heterocycles. The van der Waals surface area contributed by atoms with Crippen LogP contribution >= 0.6 is 0 Å². The SMILES string of the molecule is CCC(C)(C)C(=O)NC(=O)C1CCCCC1. The molecule has 0 spiro atoms. The van der Waals surface area contributed by atoms with Crippen LogP contribution in [-0.4, -0.2) is 11.8 Å². The van der Waals surface area contributed by atoms with E-state index in [-0.39, 0.29) is 17.7 Å². The number of carbonyl (C=O) groups is 2. The minimum absolute atomic E-state index is 0.0605. The zero-order valence-electron chi connectivity index (χ0n) is 10.6. The molecule has 0 saturated heterocycles. The zero-order valence-corrected chi connectivity index (χ0v) is 10.6. The smallest absolute Gasteiger partial charge is 0.232 e. The molecule has 1 rings (SSSR count). The first-order valence-electron chi connectivity index (χ1n) is 6.32. The van der Waals surface area contributed by atoms with Crippen LogP contribution in [0.25, 0.3) is 0 Å². The number of rotatable bonds is 3. The van der Waals surface area contributed by atoms with E-state index in [1.807, 2.05) is 20.8 Å². The van der Waals surface area contributed by atoms with E-state index in [1.165, 1.54) is 6.42 Å². The van der Waals surface area contributed by atoms with Gasteiger partial charge in [-0.15, -0.1) is 0 Å². The Hall–Kier alpha value is -0.860. The normalized spacial score (nSPS) is 18.2. The van der Waals surface area contributed by atoms with Crippen molar-refractivity contribution in [1.29, 1.82) is 0 Å².